The SMILES string of the molecule is Cc1ccc(S(=O)(=O)Nc2ccc(C(=O)Nc3cccc(C)c3C)c(Cl)c2)cc1. The zero-order chi connectivity index (χ0) is 21.2. The lowest BCUT2D eigenvalue weighted by molar-refractivity contribution is 0.102. The third kappa shape index (κ3) is 4.78. The smallest absolute Gasteiger partial charge is 0.261 e. The number of sulfonamides is 1. The molecular weight excluding hydrogens is 408 g/mol. The lowest BCUT2D eigenvalue weighted by Gasteiger charge is -2.13. The maximum Gasteiger partial charge on any atom is 0.261 e. The van der Waals surface area contributed by atoms with Crippen LogP contribution < -0.4 is 10.0 Å². The van der Waals surface area contributed by atoms with Crippen molar-refractivity contribution in [2.75, 3.05) is 10.0 Å². The summed E-state index contributed by atoms with van der Waals surface area (Å²) in [7, 11) is -3.75. The number of carbonyl (C=O) groups excluding carboxylic acids is 1. The predicted octanol–water partition coefficient (Wildman–Crippen LogP) is 5.32. The summed E-state index contributed by atoms with van der Waals surface area (Å²) in [6.07, 6.45) is 0. The average molecular weight is 429 g/mol. The Morgan fingerprint density at radius 3 is 2.28 bits per heavy atom. The summed E-state index contributed by atoms with van der Waals surface area (Å²) in [6, 6.07) is 16.6. The first-order valence-corrected chi connectivity index (χ1v) is 10.8. The number of carbonyl (C=O) groups is 1. The molecule has 0 unspecified atom stereocenters. The molecule has 0 aliphatic heterocycles. The molecule has 1 amide bonds. The molecule has 0 spiro atoms. The minimum Gasteiger partial charge on any atom is -0.322 e. The minimum absolute atomic E-state index is 0.149. The Morgan fingerprint density at radius 1 is 0.931 bits per heavy atom. The molecule has 0 bridgehead atoms. The third-order valence-electron chi connectivity index (χ3n) is 4.65. The minimum atomic E-state index is -3.75. The molecule has 0 radical (unpaired) electrons. The summed E-state index contributed by atoms with van der Waals surface area (Å²) in [5.74, 6) is -0.364. The van der Waals surface area contributed by atoms with Gasteiger partial charge in [-0.2, -0.15) is 0 Å². The molecular formula is C22H21ClN2O3S. The van der Waals surface area contributed by atoms with E-state index in [1.54, 1.807) is 12.1 Å². The lowest BCUT2D eigenvalue weighted by atomic mass is 10.1. The van der Waals surface area contributed by atoms with Crippen molar-refractivity contribution < 1.29 is 13.2 Å². The second-order valence-corrected chi connectivity index (χ2v) is 8.90. The highest BCUT2D eigenvalue weighted by molar-refractivity contribution is 7.92. The zero-order valence-electron chi connectivity index (χ0n) is 16.3. The van der Waals surface area contributed by atoms with E-state index in [4.69, 9.17) is 11.6 Å². The largest absolute Gasteiger partial charge is 0.322 e. The van der Waals surface area contributed by atoms with Gasteiger partial charge in [0.25, 0.3) is 15.9 Å². The number of rotatable bonds is 5. The van der Waals surface area contributed by atoms with Crippen molar-refractivity contribution in [2.45, 2.75) is 25.7 Å². The van der Waals surface area contributed by atoms with Gasteiger partial charge >= 0.3 is 0 Å². The highest BCUT2D eigenvalue weighted by atomic mass is 35.5. The molecule has 2 N–H and O–H groups in total. The van der Waals surface area contributed by atoms with Gasteiger partial charge in [-0.25, -0.2) is 8.42 Å². The Hall–Kier alpha value is -2.83. The van der Waals surface area contributed by atoms with Crippen LogP contribution in [0.5, 0.6) is 0 Å². The normalized spacial score (nSPS) is 11.2. The fourth-order valence-electron chi connectivity index (χ4n) is 2.77. The molecule has 0 fully saturated rings. The first-order chi connectivity index (χ1) is 13.7. The van der Waals surface area contributed by atoms with Gasteiger partial charge < -0.3 is 5.32 Å². The summed E-state index contributed by atoms with van der Waals surface area (Å²) in [6.45, 7) is 5.77. The van der Waals surface area contributed by atoms with Crippen LogP contribution in [0.2, 0.25) is 5.02 Å². The number of halogens is 1. The summed E-state index contributed by atoms with van der Waals surface area (Å²) in [5, 5.41) is 2.99. The van der Waals surface area contributed by atoms with Gasteiger partial charge in [0, 0.05) is 5.69 Å². The molecule has 0 aromatic heterocycles. The Kier molecular flexibility index (Phi) is 5.96. The molecule has 0 aliphatic carbocycles. The van der Waals surface area contributed by atoms with Crippen LogP contribution in [0.4, 0.5) is 11.4 Å². The summed E-state index contributed by atoms with van der Waals surface area (Å²) < 4.78 is 27.5. The number of amides is 1. The van der Waals surface area contributed by atoms with Gasteiger partial charge in [0.2, 0.25) is 0 Å². The summed E-state index contributed by atoms with van der Waals surface area (Å²) in [4.78, 5) is 12.8. The second kappa shape index (κ2) is 8.27. The Balaban J connectivity index is 1.80. The van der Waals surface area contributed by atoms with Gasteiger partial charge in [-0.3, -0.25) is 9.52 Å². The van der Waals surface area contributed by atoms with Gasteiger partial charge in [0.15, 0.2) is 0 Å². The predicted molar refractivity (Wildman–Crippen MR) is 117 cm³/mol. The Labute approximate surface area is 175 Å². The molecule has 0 saturated carbocycles. The van der Waals surface area contributed by atoms with Crippen LogP contribution in [0.25, 0.3) is 0 Å². The van der Waals surface area contributed by atoms with Crippen molar-refractivity contribution in [3.63, 3.8) is 0 Å². The van der Waals surface area contributed by atoms with Crippen LogP contribution in [-0.2, 0) is 10.0 Å². The van der Waals surface area contributed by atoms with E-state index >= 15 is 0 Å². The van der Waals surface area contributed by atoms with E-state index in [1.807, 2.05) is 39.0 Å². The first kappa shape index (κ1) is 20.9. The van der Waals surface area contributed by atoms with Crippen molar-refractivity contribution in [1.29, 1.82) is 0 Å². The van der Waals surface area contributed by atoms with Gasteiger partial charge in [-0.1, -0.05) is 41.4 Å². The summed E-state index contributed by atoms with van der Waals surface area (Å²) in [5.41, 5.74) is 4.24. The van der Waals surface area contributed by atoms with E-state index in [0.717, 1.165) is 16.7 Å². The number of anilines is 2. The molecule has 5 nitrogen and oxygen atoms in total. The van der Waals surface area contributed by atoms with Crippen molar-refractivity contribution in [1.82, 2.24) is 0 Å². The van der Waals surface area contributed by atoms with E-state index in [-0.39, 0.29) is 27.1 Å². The molecule has 3 aromatic carbocycles. The molecule has 3 rings (SSSR count). The first-order valence-electron chi connectivity index (χ1n) is 8.94. The highest BCUT2D eigenvalue weighted by Crippen LogP contribution is 2.25. The van der Waals surface area contributed by atoms with E-state index in [0.29, 0.717) is 5.69 Å². The number of hydrogen-bond acceptors (Lipinski definition) is 3. The maximum absolute atomic E-state index is 12.6. The standard InChI is InChI=1S/C22H21ClN2O3S/c1-14-7-10-18(11-8-14)29(27,28)25-17-9-12-19(20(23)13-17)22(26)24-21-6-4-5-15(2)16(21)3/h4-13,25H,1-3H3,(H,24,26). The number of aryl methyl sites for hydroxylation is 2. The molecule has 7 heteroatoms. The van der Waals surface area contributed by atoms with Crippen LogP contribution in [-0.4, -0.2) is 14.3 Å². The van der Waals surface area contributed by atoms with Crippen LogP contribution in [0.3, 0.4) is 0 Å². The van der Waals surface area contributed by atoms with E-state index in [1.165, 1.54) is 30.3 Å². The summed E-state index contributed by atoms with van der Waals surface area (Å²) >= 11 is 6.26. The topological polar surface area (TPSA) is 75.3 Å². The van der Waals surface area contributed by atoms with Gasteiger partial charge in [-0.15, -0.1) is 0 Å². The maximum atomic E-state index is 12.6. The molecule has 0 aliphatic rings. The monoisotopic (exact) mass is 428 g/mol. The van der Waals surface area contributed by atoms with E-state index in [2.05, 4.69) is 10.0 Å². The van der Waals surface area contributed by atoms with Crippen molar-refractivity contribution in [2.24, 2.45) is 0 Å². The molecule has 150 valence electrons. The van der Waals surface area contributed by atoms with Crippen molar-refractivity contribution in [3.8, 4) is 0 Å². The van der Waals surface area contributed by atoms with Crippen molar-refractivity contribution in [3.05, 3.63) is 87.9 Å². The Bertz CT molecular complexity index is 1170. The molecule has 0 atom stereocenters. The second-order valence-electron chi connectivity index (χ2n) is 6.81. The quantitative estimate of drug-likeness (QED) is 0.577. The molecule has 0 saturated heterocycles. The fraction of sp³-hybridized carbons (Fsp3) is 0.136. The van der Waals surface area contributed by atoms with Crippen molar-refractivity contribution >= 4 is 38.9 Å². The van der Waals surface area contributed by atoms with Gasteiger partial charge in [0.05, 0.1) is 21.2 Å². The van der Waals surface area contributed by atoms with E-state index in [9.17, 15) is 13.2 Å². The number of benzene rings is 3. The number of nitrogens with one attached hydrogen (secondary N) is 2. The molecule has 3 aromatic rings. The average Bonchev–Trinajstić information content (AvgIpc) is 2.65. The van der Waals surface area contributed by atoms with Gasteiger partial charge in [0.1, 0.15) is 0 Å². The Morgan fingerprint density at radius 2 is 1.62 bits per heavy atom. The van der Waals surface area contributed by atoms with Crippen LogP contribution in [0.15, 0.2) is 65.6 Å². The van der Waals surface area contributed by atoms with Crippen LogP contribution >= 0.6 is 11.6 Å². The van der Waals surface area contributed by atoms with Crippen LogP contribution in [0.1, 0.15) is 27.0 Å². The van der Waals surface area contributed by atoms with Crippen LogP contribution in [0, 0.1) is 20.8 Å². The van der Waals surface area contributed by atoms with Gasteiger partial charge in [-0.05, 0) is 68.3 Å². The van der Waals surface area contributed by atoms with E-state index < -0.39 is 10.0 Å². The molecule has 29 heavy (non-hydrogen) atoms. The third-order valence-corrected chi connectivity index (χ3v) is 6.36. The number of hydrogen-bond donors (Lipinski definition) is 2. The zero-order valence-corrected chi connectivity index (χ0v) is 17.9. The fourth-order valence-corrected chi connectivity index (χ4v) is 4.09. The molecule has 0 heterocycles. The highest BCUT2D eigenvalue weighted by Gasteiger charge is 2.17. The lowest BCUT2D eigenvalue weighted by Crippen LogP contribution is -2.15.